The topological polar surface area (TPSA) is 35.6 Å². The fourth-order valence-corrected chi connectivity index (χ4v) is 3.56. The minimum atomic E-state index is 0.208. The molecule has 2 atom stereocenters. The molecule has 0 aromatic carbocycles. The first-order valence-electron chi connectivity index (χ1n) is 7.49. The molecule has 102 valence electrons. The average molecular weight is 251 g/mol. The average Bonchev–Trinajstić information content (AvgIpc) is 2.63. The number of carbonyl (C=O) groups excluding carboxylic acids is 1. The minimum Gasteiger partial charge on any atom is -0.341 e. The van der Waals surface area contributed by atoms with Crippen LogP contribution in [0.5, 0.6) is 0 Å². The van der Waals surface area contributed by atoms with Crippen molar-refractivity contribution in [3.8, 4) is 0 Å². The Balaban J connectivity index is 1.61. The summed E-state index contributed by atoms with van der Waals surface area (Å²) in [7, 11) is 0. The van der Waals surface area contributed by atoms with Crippen molar-refractivity contribution in [2.24, 2.45) is 11.8 Å². The highest BCUT2D eigenvalue weighted by Crippen LogP contribution is 2.24. The summed E-state index contributed by atoms with van der Waals surface area (Å²) < 4.78 is 0. The molecule has 3 heterocycles. The van der Waals surface area contributed by atoms with E-state index in [1.54, 1.807) is 0 Å². The van der Waals surface area contributed by atoms with Crippen LogP contribution in [0, 0.1) is 11.8 Å². The first-order valence-corrected chi connectivity index (χ1v) is 7.49. The Labute approximate surface area is 110 Å². The van der Waals surface area contributed by atoms with Gasteiger partial charge in [-0.25, -0.2) is 0 Å². The molecule has 0 saturated carbocycles. The Kier molecular flexibility index (Phi) is 3.57. The predicted molar refractivity (Wildman–Crippen MR) is 71.3 cm³/mol. The summed E-state index contributed by atoms with van der Waals surface area (Å²) in [6, 6.07) is 0.642. The summed E-state index contributed by atoms with van der Waals surface area (Å²) in [6.07, 6.45) is 3.75. The van der Waals surface area contributed by atoms with Gasteiger partial charge >= 0.3 is 0 Å². The molecule has 0 radical (unpaired) electrons. The van der Waals surface area contributed by atoms with E-state index in [1.807, 2.05) is 0 Å². The molecule has 18 heavy (non-hydrogen) atoms. The van der Waals surface area contributed by atoms with Gasteiger partial charge in [-0.15, -0.1) is 0 Å². The van der Waals surface area contributed by atoms with Gasteiger partial charge in [-0.3, -0.25) is 9.69 Å². The van der Waals surface area contributed by atoms with Gasteiger partial charge < -0.3 is 10.2 Å². The van der Waals surface area contributed by atoms with Crippen LogP contribution >= 0.6 is 0 Å². The first kappa shape index (κ1) is 12.4. The van der Waals surface area contributed by atoms with Gasteiger partial charge in [0, 0.05) is 31.6 Å². The summed E-state index contributed by atoms with van der Waals surface area (Å²) in [6.45, 7) is 8.54. The molecule has 3 aliphatic heterocycles. The number of nitrogens with zero attached hydrogens (tertiary/aromatic N) is 2. The predicted octanol–water partition coefficient (Wildman–Crippen LogP) is 0.539. The lowest BCUT2D eigenvalue weighted by molar-refractivity contribution is -0.137. The smallest absolute Gasteiger partial charge is 0.225 e. The number of hydrogen-bond donors (Lipinski definition) is 1. The molecule has 3 saturated heterocycles. The number of rotatable bonds is 2. The van der Waals surface area contributed by atoms with E-state index in [9.17, 15) is 4.79 Å². The summed E-state index contributed by atoms with van der Waals surface area (Å²) in [4.78, 5) is 17.3. The molecule has 3 fully saturated rings. The highest BCUT2D eigenvalue weighted by atomic mass is 16.2. The van der Waals surface area contributed by atoms with Crippen molar-refractivity contribution in [2.45, 2.75) is 32.2 Å². The lowest BCUT2D eigenvalue weighted by atomic mass is 9.88. The molecule has 3 aliphatic rings. The summed E-state index contributed by atoms with van der Waals surface area (Å²) >= 11 is 0. The van der Waals surface area contributed by atoms with Crippen LogP contribution in [-0.2, 0) is 4.79 Å². The molecule has 0 aromatic heterocycles. The summed E-state index contributed by atoms with van der Waals surface area (Å²) in [5.74, 6) is 1.18. The summed E-state index contributed by atoms with van der Waals surface area (Å²) in [5, 5.41) is 3.27. The van der Waals surface area contributed by atoms with Crippen molar-refractivity contribution >= 4 is 5.91 Å². The largest absolute Gasteiger partial charge is 0.341 e. The Bertz CT molecular complexity index is 316. The molecule has 0 aliphatic carbocycles. The van der Waals surface area contributed by atoms with Crippen LogP contribution in [0.2, 0.25) is 0 Å². The second-order valence-corrected chi connectivity index (χ2v) is 6.18. The molecule has 1 amide bonds. The van der Waals surface area contributed by atoms with E-state index in [1.165, 1.54) is 25.9 Å². The zero-order valence-corrected chi connectivity index (χ0v) is 11.4. The number of carbonyl (C=O) groups is 1. The van der Waals surface area contributed by atoms with E-state index in [-0.39, 0.29) is 5.92 Å². The van der Waals surface area contributed by atoms with E-state index in [0.717, 1.165) is 32.6 Å². The number of fused-ring (bicyclic) bond motifs is 1. The second kappa shape index (κ2) is 5.17. The number of nitrogens with one attached hydrogen (secondary N) is 1. The van der Waals surface area contributed by atoms with Crippen molar-refractivity contribution < 1.29 is 4.79 Å². The first-order chi connectivity index (χ1) is 8.75. The third-order valence-corrected chi connectivity index (χ3v) is 5.02. The SMILES string of the molecule is CC(C(=O)N1CCCN2CCCC2C1)C1CNC1. The molecule has 3 rings (SSSR count). The Morgan fingerprint density at radius 2 is 2.00 bits per heavy atom. The van der Waals surface area contributed by atoms with E-state index < -0.39 is 0 Å². The molecule has 0 bridgehead atoms. The quantitative estimate of drug-likeness (QED) is 0.778. The second-order valence-electron chi connectivity index (χ2n) is 6.18. The van der Waals surface area contributed by atoms with Crippen LogP contribution in [0.15, 0.2) is 0 Å². The van der Waals surface area contributed by atoms with Crippen LogP contribution in [0.25, 0.3) is 0 Å². The van der Waals surface area contributed by atoms with Gasteiger partial charge in [0.15, 0.2) is 0 Å². The third-order valence-electron chi connectivity index (χ3n) is 5.02. The number of hydrogen-bond acceptors (Lipinski definition) is 3. The standard InChI is InChI=1S/C14H25N3O/c1-11(12-8-15-9-12)14(18)17-7-3-6-16-5-2-4-13(16)10-17/h11-13,15H,2-10H2,1H3. The highest BCUT2D eigenvalue weighted by molar-refractivity contribution is 5.79. The van der Waals surface area contributed by atoms with Gasteiger partial charge in [-0.2, -0.15) is 0 Å². The molecule has 2 unspecified atom stereocenters. The van der Waals surface area contributed by atoms with Crippen LogP contribution in [0.1, 0.15) is 26.2 Å². The lowest BCUT2D eigenvalue weighted by Gasteiger charge is -2.35. The maximum absolute atomic E-state index is 12.6. The van der Waals surface area contributed by atoms with E-state index in [4.69, 9.17) is 0 Å². The maximum atomic E-state index is 12.6. The summed E-state index contributed by atoms with van der Waals surface area (Å²) in [5.41, 5.74) is 0. The van der Waals surface area contributed by atoms with Crippen molar-refractivity contribution in [3.05, 3.63) is 0 Å². The Morgan fingerprint density at radius 1 is 1.22 bits per heavy atom. The normalized spacial score (nSPS) is 31.6. The van der Waals surface area contributed by atoms with Crippen LogP contribution in [-0.4, -0.2) is 61.0 Å². The van der Waals surface area contributed by atoms with Crippen LogP contribution < -0.4 is 5.32 Å². The lowest BCUT2D eigenvalue weighted by Crippen LogP contribution is -2.51. The van der Waals surface area contributed by atoms with Gasteiger partial charge in [0.1, 0.15) is 0 Å². The molecule has 0 aromatic rings. The van der Waals surface area contributed by atoms with E-state index >= 15 is 0 Å². The van der Waals surface area contributed by atoms with Crippen LogP contribution in [0.3, 0.4) is 0 Å². The van der Waals surface area contributed by atoms with Crippen molar-refractivity contribution in [1.29, 1.82) is 0 Å². The molecule has 4 heteroatoms. The third kappa shape index (κ3) is 2.28. The molecule has 4 nitrogen and oxygen atoms in total. The molecule has 1 N–H and O–H groups in total. The van der Waals surface area contributed by atoms with Crippen molar-refractivity contribution in [1.82, 2.24) is 15.1 Å². The van der Waals surface area contributed by atoms with Gasteiger partial charge in [0.2, 0.25) is 5.91 Å². The molecular formula is C14H25N3O. The maximum Gasteiger partial charge on any atom is 0.225 e. The van der Waals surface area contributed by atoms with Gasteiger partial charge in [0.25, 0.3) is 0 Å². The van der Waals surface area contributed by atoms with E-state index in [0.29, 0.717) is 17.9 Å². The molecule has 0 spiro atoms. The monoisotopic (exact) mass is 251 g/mol. The van der Waals surface area contributed by atoms with E-state index in [2.05, 4.69) is 22.0 Å². The Hall–Kier alpha value is -0.610. The minimum absolute atomic E-state index is 0.208. The Morgan fingerprint density at radius 3 is 2.72 bits per heavy atom. The van der Waals surface area contributed by atoms with Crippen molar-refractivity contribution in [2.75, 3.05) is 39.3 Å². The fraction of sp³-hybridized carbons (Fsp3) is 0.929. The fourth-order valence-electron chi connectivity index (χ4n) is 3.56. The number of amides is 1. The zero-order valence-electron chi connectivity index (χ0n) is 11.4. The van der Waals surface area contributed by atoms with Gasteiger partial charge in [-0.1, -0.05) is 6.92 Å². The highest BCUT2D eigenvalue weighted by Gasteiger charge is 2.35. The van der Waals surface area contributed by atoms with Crippen molar-refractivity contribution in [3.63, 3.8) is 0 Å². The van der Waals surface area contributed by atoms with Crippen LogP contribution in [0.4, 0.5) is 0 Å². The van der Waals surface area contributed by atoms with Gasteiger partial charge in [-0.05, 0) is 44.8 Å². The zero-order chi connectivity index (χ0) is 12.5. The molecular weight excluding hydrogens is 226 g/mol. The van der Waals surface area contributed by atoms with Gasteiger partial charge in [0.05, 0.1) is 0 Å².